The lowest BCUT2D eigenvalue weighted by molar-refractivity contribution is -0.551. The summed E-state index contributed by atoms with van der Waals surface area (Å²) in [7, 11) is 0. The standard InChI is InChI=1S/C17H34O4.C14H28O4.C12H26O4/c1-13-10-16(8,9)12-17(11-13,20-18-14(2,3)4)21-19-15(5,6)7;1-12(2,3)15-17-14(10-8-7-9-11-14)18-16-13(4,5)6;1-9-12(8,15-13-10(2,3)4)16-14-11(5,6)7/h13H,10-12H2,1-9H3;7-11H2,1-6H3;9H2,1-8H3. The Balaban J connectivity index is 0.000000804. The van der Waals surface area contributed by atoms with Crippen LogP contribution < -0.4 is 0 Å². The fraction of sp³-hybridized carbons (Fsp3) is 1.00. The van der Waals surface area contributed by atoms with Crippen LogP contribution in [0.2, 0.25) is 0 Å². The Morgan fingerprint density at radius 3 is 1.00 bits per heavy atom. The zero-order chi connectivity index (χ0) is 43.4. The van der Waals surface area contributed by atoms with Gasteiger partial charge in [0.2, 0.25) is 17.4 Å². The monoisotopic (exact) mass is 797 g/mol. The van der Waals surface area contributed by atoms with Gasteiger partial charge in [-0.3, -0.25) is 0 Å². The first-order valence-corrected chi connectivity index (χ1v) is 20.5. The Hall–Kier alpha value is -0.480. The van der Waals surface area contributed by atoms with Gasteiger partial charge in [0, 0.05) is 32.1 Å². The average molecular weight is 797 g/mol. The van der Waals surface area contributed by atoms with Crippen molar-refractivity contribution in [3.8, 4) is 0 Å². The minimum absolute atomic E-state index is 0.125. The van der Waals surface area contributed by atoms with Gasteiger partial charge in [-0.2, -0.15) is 29.3 Å². The molecule has 2 rings (SSSR count). The lowest BCUT2D eigenvalue weighted by Gasteiger charge is -2.46. The molecule has 0 saturated heterocycles. The summed E-state index contributed by atoms with van der Waals surface area (Å²) in [5, 5.41) is 0. The van der Waals surface area contributed by atoms with Gasteiger partial charge in [-0.05, 0) is 162 Å². The molecule has 55 heavy (non-hydrogen) atoms. The molecule has 0 aromatic heterocycles. The van der Waals surface area contributed by atoms with Crippen LogP contribution in [0.3, 0.4) is 0 Å². The molecule has 2 fully saturated rings. The number of hydrogen-bond donors (Lipinski definition) is 0. The summed E-state index contributed by atoms with van der Waals surface area (Å²) in [5.41, 5.74) is -2.10. The van der Waals surface area contributed by atoms with Crippen molar-refractivity contribution in [2.45, 2.75) is 268 Å². The fourth-order valence-corrected chi connectivity index (χ4v) is 5.19. The molecule has 1 atom stereocenters. The molecule has 0 radical (unpaired) electrons. The maximum absolute atomic E-state index is 5.79. The van der Waals surface area contributed by atoms with Crippen LogP contribution >= 0.6 is 0 Å². The highest BCUT2D eigenvalue weighted by atomic mass is 17.3. The SMILES string of the molecule is CC(C)(C)OOC1(OOC(C)(C)C)CCCCC1.CC1CC(C)(C)CC(OOC(C)(C)C)(OOC(C)(C)C)C1.CCC(C)(OOC(C)(C)C)OOC(C)(C)C. The molecule has 332 valence electrons. The quantitative estimate of drug-likeness (QED) is 0.100. The predicted molar refractivity (Wildman–Crippen MR) is 216 cm³/mol. The Kier molecular flexibility index (Phi) is 21.0. The average Bonchev–Trinajstić information content (AvgIpc) is 2.97. The van der Waals surface area contributed by atoms with Gasteiger partial charge in [0.25, 0.3) is 0 Å². The van der Waals surface area contributed by atoms with Crippen molar-refractivity contribution in [2.75, 3.05) is 0 Å². The largest absolute Gasteiger partial charge is 0.234 e. The predicted octanol–water partition coefficient (Wildman–Crippen LogP) is 12.8. The first-order chi connectivity index (χ1) is 24.3. The van der Waals surface area contributed by atoms with E-state index in [1.54, 1.807) is 6.92 Å². The molecule has 2 saturated carbocycles. The van der Waals surface area contributed by atoms with E-state index in [1.807, 2.05) is 132 Å². The van der Waals surface area contributed by atoms with E-state index in [2.05, 4.69) is 20.8 Å². The van der Waals surface area contributed by atoms with Gasteiger partial charge >= 0.3 is 0 Å². The van der Waals surface area contributed by atoms with Crippen molar-refractivity contribution < 1.29 is 58.7 Å². The van der Waals surface area contributed by atoms with Crippen LogP contribution in [0.5, 0.6) is 0 Å². The molecule has 12 heteroatoms. The fourth-order valence-electron chi connectivity index (χ4n) is 5.19. The molecular weight excluding hydrogens is 708 g/mol. The summed E-state index contributed by atoms with van der Waals surface area (Å²) in [6.45, 7) is 45.4. The third-order valence-electron chi connectivity index (χ3n) is 7.28. The molecule has 0 aliphatic heterocycles. The molecule has 0 bridgehead atoms. The number of rotatable bonds is 13. The Morgan fingerprint density at radius 2 is 0.727 bits per heavy atom. The second-order valence-electron chi connectivity index (χ2n) is 22.4. The van der Waals surface area contributed by atoms with Gasteiger partial charge in [-0.15, -0.1) is 0 Å². The molecule has 0 spiro atoms. The Bertz CT molecular complexity index is 986. The highest BCUT2D eigenvalue weighted by Crippen LogP contribution is 2.47. The zero-order valence-electron chi connectivity index (χ0n) is 39.8. The third kappa shape index (κ3) is 28.6. The van der Waals surface area contributed by atoms with Crippen molar-refractivity contribution in [2.24, 2.45) is 11.3 Å². The molecule has 12 nitrogen and oxygen atoms in total. The maximum Gasteiger partial charge on any atom is 0.234 e. The van der Waals surface area contributed by atoms with Crippen molar-refractivity contribution in [3.05, 3.63) is 0 Å². The van der Waals surface area contributed by atoms with E-state index in [4.69, 9.17) is 58.7 Å². The topological polar surface area (TPSA) is 111 Å². The lowest BCUT2D eigenvalue weighted by Crippen LogP contribution is -2.48. The molecular formula is C43H88O12. The van der Waals surface area contributed by atoms with Gasteiger partial charge < -0.3 is 0 Å². The van der Waals surface area contributed by atoms with E-state index in [0.29, 0.717) is 12.3 Å². The highest BCUT2D eigenvalue weighted by Gasteiger charge is 2.48. The molecule has 0 heterocycles. The molecule has 0 N–H and O–H groups in total. The van der Waals surface area contributed by atoms with Crippen molar-refractivity contribution in [1.29, 1.82) is 0 Å². The van der Waals surface area contributed by atoms with Crippen LogP contribution in [-0.4, -0.2) is 51.0 Å². The second-order valence-corrected chi connectivity index (χ2v) is 22.4. The van der Waals surface area contributed by atoms with Crippen LogP contribution in [0.25, 0.3) is 0 Å². The first kappa shape index (κ1) is 54.5. The summed E-state index contributed by atoms with van der Waals surface area (Å²) < 4.78 is 0. The summed E-state index contributed by atoms with van der Waals surface area (Å²) in [4.78, 5) is 65.8. The molecule has 1 unspecified atom stereocenters. The summed E-state index contributed by atoms with van der Waals surface area (Å²) in [5.74, 6) is -2.00. The van der Waals surface area contributed by atoms with Crippen LogP contribution in [0, 0.1) is 11.3 Å². The van der Waals surface area contributed by atoms with Gasteiger partial charge in [0.1, 0.15) is 0 Å². The maximum atomic E-state index is 5.79. The Labute approximate surface area is 337 Å². The minimum atomic E-state index is -0.888. The van der Waals surface area contributed by atoms with Crippen molar-refractivity contribution in [1.82, 2.24) is 0 Å². The second kappa shape index (κ2) is 21.2. The van der Waals surface area contributed by atoms with E-state index in [-0.39, 0.29) is 39.0 Å². The van der Waals surface area contributed by atoms with Gasteiger partial charge in [-0.1, -0.05) is 34.1 Å². The van der Waals surface area contributed by atoms with Crippen LogP contribution in [0.1, 0.15) is 217 Å². The minimum Gasteiger partial charge on any atom is -0.228 e. The van der Waals surface area contributed by atoms with E-state index in [9.17, 15) is 0 Å². The molecule has 2 aliphatic rings. The summed E-state index contributed by atoms with van der Waals surface area (Å²) in [6.07, 6.45) is 8.24. The summed E-state index contributed by atoms with van der Waals surface area (Å²) >= 11 is 0. The summed E-state index contributed by atoms with van der Waals surface area (Å²) in [6, 6.07) is 0. The Morgan fingerprint density at radius 1 is 0.418 bits per heavy atom. The first-order valence-electron chi connectivity index (χ1n) is 20.5. The number of hydrogen-bond acceptors (Lipinski definition) is 12. The molecule has 2 aliphatic carbocycles. The molecule has 0 amide bonds. The molecule has 0 aromatic rings. The van der Waals surface area contributed by atoms with Gasteiger partial charge in [0.05, 0.1) is 33.6 Å². The van der Waals surface area contributed by atoms with Gasteiger partial charge in [-0.25, -0.2) is 29.3 Å². The van der Waals surface area contributed by atoms with E-state index in [0.717, 1.165) is 44.9 Å². The van der Waals surface area contributed by atoms with Crippen LogP contribution in [0.4, 0.5) is 0 Å². The normalized spacial score (nSPS) is 20.9. The van der Waals surface area contributed by atoms with E-state index >= 15 is 0 Å². The zero-order valence-corrected chi connectivity index (χ0v) is 39.8. The third-order valence-corrected chi connectivity index (χ3v) is 7.28. The van der Waals surface area contributed by atoms with Gasteiger partial charge in [0.15, 0.2) is 0 Å². The lowest BCUT2D eigenvalue weighted by atomic mass is 9.70. The highest BCUT2D eigenvalue weighted by molar-refractivity contribution is 4.88. The van der Waals surface area contributed by atoms with Crippen molar-refractivity contribution >= 4 is 0 Å². The van der Waals surface area contributed by atoms with Crippen molar-refractivity contribution in [3.63, 3.8) is 0 Å². The van der Waals surface area contributed by atoms with E-state index < -0.39 is 17.4 Å². The molecule has 0 aromatic carbocycles. The van der Waals surface area contributed by atoms with Crippen LogP contribution in [0.15, 0.2) is 0 Å². The smallest absolute Gasteiger partial charge is 0.228 e. The van der Waals surface area contributed by atoms with E-state index in [1.165, 1.54) is 6.42 Å². The van der Waals surface area contributed by atoms with Crippen LogP contribution in [-0.2, 0) is 58.7 Å².